The molecular weight excluding hydrogens is 279 g/mol. The number of benzene rings is 1. The Balaban J connectivity index is 2.20. The molecule has 0 heterocycles. The topological polar surface area (TPSA) is 55.2 Å². The second kappa shape index (κ2) is 4.93. The predicted molar refractivity (Wildman–Crippen MR) is 72.0 cm³/mol. The summed E-state index contributed by atoms with van der Waals surface area (Å²) < 4.78 is 13.5. The minimum atomic E-state index is -0.654. The van der Waals surface area contributed by atoms with Crippen LogP contribution >= 0.6 is 23.4 Å². The van der Waals surface area contributed by atoms with E-state index in [2.05, 4.69) is 5.32 Å². The van der Waals surface area contributed by atoms with Crippen LogP contribution in [0.15, 0.2) is 12.1 Å². The van der Waals surface area contributed by atoms with Crippen molar-refractivity contribution in [1.82, 2.24) is 0 Å². The lowest BCUT2D eigenvalue weighted by atomic mass is 10.2. The lowest BCUT2D eigenvalue weighted by Gasteiger charge is -2.14. The standard InChI is InChI=1S/C11H12ClFN2O2S/c1-18-11(2-3-11)6-14-9-5-8(13)7(12)4-10(9)15(16)17/h4-5,14H,2-3,6H2,1H3. The molecule has 18 heavy (non-hydrogen) atoms. The molecule has 0 atom stereocenters. The largest absolute Gasteiger partial charge is 0.378 e. The highest BCUT2D eigenvalue weighted by molar-refractivity contribution is 8.00. The summed E-state index contributed by atoms with van der Waals surface area (Å²) in [6.45, 7) is 0.593. The van der Waals surface area contributed by atoms with Gasteiger partial charge in [0.25, 0.3) is 5.69 Å². The van der Waals surface area contributed by atoms with Gasteiger partial charge >= 0.3 is 0 Å². The fourth-order valence-corrected chi connectivity index (χ4v) is 2.56. The van der Waals surface area contributed by atoms with Crippen molar-refractivity contribution in [3.8, 4) is 0 Å². The second-order valence-electron chi connectivity index (χ2n) is 4.28. The number of hydrogen-bond donors (Lipinski definition) is 1. The molecule has 0 amide bonds. The molecule has 1 aliphatic rings. The summed E-state index contributed by atoms with van der Waals surface area (Å²) in [5, 5.41) is 13.6. The minimum Gasteiger partial charge on any atom is -0.378 e. The Morgan fingerprint density at radius 2 is 2.28 bits per heavy atom. The van der Waals surface area contributed by atoms with Crippen molar-refractivity contribution >= 4 is 34.7 Å². The van der Waals surface area contributed by atoms with Crippen molar-refractivity contribution in [3.05, 3.63) is 33.1 Å². The summed E-state index contributed by atoms with van der Waals surface area (Å²) in [6.07, 6.45) is 4.15. The normalized spacial score (nSPS) is 16.4. The number of rotatable bonds is 5. The Bertz CT molecular complexity index is 494. The molecule has 1 aromatic rings. The molecule has 1 N–H and O–H groups in total. The highest BCUT2D eigenvalue weighted by Gasteiger charge is 2.41. The van der Waals surface area contributed by atoms with Gasteiger partial charge in [-0.2, -0.15) is 11.8 Å². The summed E-state index contributed by atoms with van der Waals surface area (Å²) >= 11 is 7.28. The molecule has 0 unspecified atom stereocenters. The van der Waals surface area contributed by atoms with Crippen LogP contribution in [0.1, 0.15) is 12.8 Å². The first-order valence-electron chi connectivity index (χ1n) is 5.40. The Morgan fingerprint density at radius 1 is 1.61 bits per heavy atom. The monoisotopic (exact) mass is 290 g/mol. The first kappa shape index (κ1) is 13.4. The zero-order valence-corrected chi connectivity index (χ0v) is 11.3. The minimum absolute atomic E-state index is 0.143. The van der Waals surface area contributed by atoms with E-state index in [-0.39, 0.29) is 21.1 Å². The van der Waals surface area contributed by atoms with Gasteiger partial charge in [-0.25, -0.2) is 4.39 Å². The van der Waals surface area contributed by atoms with Crippen LogP contribution in [0.4, 0.5) is 15.8 Å². The number of thioether (sulfide) groups is 1. The van der Waals surface area contributed by atoms with Crippen molar-refractivity contribution in [2.24, 2.45) is 0 Å². The molecule has 1 saturated carbocycles. The molecule has 0 aromatic heterocycles. The van der Waals surface area contributed by atoms with E-state index in [4.69, 9.17) is 11.6 Å². The van der Waals surface area contributed by atoms with Gasteiger partial charge < -0.3 is 5.32 Å². The Labute approximate surface area is 113 Å². The van der Waals surface area contributed by atoms with Gasteiger partial charge in [-0.15, -0.1) is 0 Å². The first-order valence-corrected chi connectivity index (χ1v) is 7.00. The van der Waals surface area contributed by atoms with Crippen LogP contribution in [0.3, 0.4) is 0 Å². The molecule has 98 valence electrons. The molecule has 4 nitrogen and oxygen atoms in total. The van der Waals surface area contributed by atoms with E-state index in [0.717, 1.165) is 25.0 Å². The molecule has 0 aliphatic heterocycles. The predicted octanol–water partition coefficient (Wildman–Crippen LogP) is 3.69. The average molecular weight is 291 g/mol. The molecule has 1 aliphatic carbocycles. The fraction of sp³-hybridized carbons (Fsp3) is 0.455. The zero-order valence-electron chi connectivity index (χ0n) is 9.70. The smallest absolute Gasteiger partial charge is 0.294 e. The zero-order chi connectivity index (χ0) is 13.3. The highest BCUT2D eigenvalue weighted by Crippen LogP contribution is 2.47. The third-order valence-electron chi connectivity index (χ3n) is 3.08. The van der Waals surface area contributed by atoms with Gasteiger partial charge in [0.05, 0.1) is 9.95 Å². The third-order valence-corrected chi connectivity index (χ3v) is 4.79. The number of nitro benzene ring substituents is 1. The van der Waals surface area contributed by atoms with Crippen LogP contribution in [0.25, 0.3) is 0 Å². The molecule has 2 rings (SSSR count). The van der Waals surface area contributed by atoms with E-state index in [1.165, 1.54) is 0 Å². The SMILES string of the molecule is CSC1(CNc2cc(F)c(Cl)cc2[N+](=O)[O-])CC1. The quantitative estimate of drug-likeness (QED) is 0.664. The number of nitrogens with zero attached hydrogens (tertiary/aromatic N) is 1. The van der Waals surface area contributed by atoms with Crippen LogP contribution in [0.2, 0.25) is 5.02 Å². The molecule has 0 radical (unpaired) electrons. The maximum atomic E-state index is 13.3. The van der Waals surface area contributed by atoms with Crippen molar-refractivity contribution in [1.29, 1.82) is 0 Å². The Hall–Kier alpha value is -1.01. The van der Waals surface area contributed by atoms with E-state index in [1.54, 1.807) is 11.8 Å². The van der Waals surface area contributed by atoms with Gasteiger partial charge in [0, 0.05) is 23.4 Å². The van der Waals surface area contributed by atoms with E-state index in [0.29, 0.717) is 6.54 Å². The van der Waals surface area contributed by atoms with Crippen molar-refractivity contribution in [3.63, 3.8) is 0 Å². The van der Waals surface area contributed by atoms with Gasteiger partial charge in [0.2, 0.25) is 0 Å². The highest BCUT2D eigenvalue weighted by atomic mass is 35.5. The first-order chi connectivity index (χ1) is 8.47. The lowest BCUT2D eigenvalue weighted by Crippen LogP contribution is -2.18. The molecule has 1 aromatic carbocycles. The van der Waals surface area contributed by atoms with Crippen LogP contribution in [-0.4, -0.2) is 22.5 Å². The summed E-state index contributed by atoms with van der Waals surface area (Å²) in [5.41, 5.74) is -0.0134. The maximum absolute atomic E-state index is 13.3. The molecule has 0 bridgehead atoms. The number of halogens is 2. The molecule has 0 spiro atoms. The van der Waals surface area contributed by atoms with Gasteiger partial charge in [-0.3, -0.25) is 10.1 Å². The number of nitrogens with one attached hydrogen (secondary N) is 1. The van der Waals surface area contributed by atoms with Crippen LogP contribution < -0.4 is 5.32 Å². The van der Waals surface area contributed by atoms with Crippen LogP contribution in [-0.2, 0) is 0 Å². The van der Waals surface area contributed by atoms with E-state index in [1.807, 2.05) is 6.26 Å². The van der Waals surface area contributed by atoms with Crippen molar-refractivity contribution in [2.75, 3.05) is 18.1 Å². The maximum Gasteiger partial charge on any atom is 0.294 e. The van der Waals surface area contributed by atoms with Gasteiger partial charge in [0.1, 0.15) is 11.5 Å². The molecule has 7 heteroatoms. The van der Waals surface area contributed by atoms with E-state index in [9.17, 15) is 14.5 Å². The fourth-order valence-electron chi connectivity index (χ4n) is 1.68. The Morgan fingerprint density at radius 3 is 2.78 bits per heavy atom. The summed E-state index contributed by atoms with van der Waals surface area (Å²) in [4.78, 5) is 10.3. The second-order valence-corrected chi connectivity index (χ2v) is 5.96. The average Bonchev–Trinajstić information content (AvgIpc) is 3.10. The Kier molecular flexibility index (Phi) is 3.68. The van der Waals surface area contributed by atoms with E-state index >= 15 is 0 Å². The van der Waals surface area contributed by atoms with E-state index < -0.39 is 10.7 Å². The number of nitro groups is 1. The van der Waals surface area contributed by atoms with Crippen molar-refractivity contribution in [2.45, 2.75) is 17.6 Å². The molecule has 1 fully saturated rings. The third kappa shape index (κ3) is 2.70. The van der Waals surface area contributed by atoms with Crippen LogP contribution in [0.5, 0.6) is 0 Å². The van der Waals surface area contributed by atoms with Crippen LogP contribution in [0, 0.1) is 15.9 Å². The van der Waals surface area contributed by atoms with Gasteiger partial charge in [0.15, 0.2) is 0 Å². The molecule has 0 saturated heterocycles. The molecular formula is C11H12ClFN2O2S. The van der Waals surface area contributed by atoms with Gasteiger partial charge in [-0.05, 0) is 19.1 Å². The van der Waals surface area contributed by atoms with Gasteiger partial charge in [-0.1, -0.05) is 11.6 Å². The summed E-state index contributed by atoms with van der Waals surface area (Å²) in [5.74, 6) is -0.654. The van der Waals surface area contributed by atoms with Crippen molar-refractivity contribution < 1.29 is 9.31 Å². The lowest BCUT2D eigenvalue weighted by molar-refractivity contribution is -0.384. The summed E-state index contributed by atoms with van der Waals surface area (Å²) in [6, 6.07) is 2.12. The summed E-state index contributed by atoms with van der Waals surface area (Å²) in [7, 11) is 0. The number of anilines is 1. The number of hydrogen-bond acceptors (Lipinski definition) is 4.